The third-order valence-corrected chi connectivity index (χ3v) is 5.51. The van der Waals surface area contributed by atoms with Crippen molar-refractivity contribution in [2.24, 2.45) is 0 Å². The predicted molar refractivity (Wildman–Crippen MR) is 99.6 cm³/mol. The summed E-state index contributed by atoms with van der Waals surface area (Å²) >= 11 is 0. The van der Waals surface area contributed by atoms with E-state index in [-0.39, 0.29) is 17.0 Å². The van der Waals surface area contributed by atoms with Crippen molar-refractivity contribution in [1.29, 1.82) is 0 Å². The molecule has 0 radical (unpaired) electrons. The molecular formula is C20H19FN2O2S. The summed E-state index contributed by atoms with van der Waals surface area (Å²) in [6, 6.07) is 15.2. The molecule has 134 valence electrons. The highest BCUT2D eigenvalue weighted by Crippen LogP contribution is 2.22. The number of sulfonamides is 1. The van der Waals surface area contributed by atoms with Crippen molar-refractivity contribution in [3.05, 3.63) is 83.3 Å². The van der Waals surface area contributed by atoms with Crippen molar-refractivity contribution in [2.45, 2.75) is 25.3 Å². The molecule has 0 amide bonds. The number of rotatable bonds is 5. The average molecular weight is 370 g/mol. The molecule has 1 N–H and O–H groups in total. The highest BCUT2D eigenvalue weighted by Gasteiger charge is 2.16. The Hall–Kier alpha value is -2.57. The summed E-state index contributed by atoms with van der Waals surface area (Å²) in [6.07, 6.45) is 1.68. The first-order valence-electron chi connectivity index (χ1n) is 8.13. The van der Waals surface area contributed by atoms with Crippen LogP contribution >= 0.6 is 0 Å². The molecule has 0 atom stereocenters. The number of hydrogen-bond donors (Lipinski definition) is 1. The van der Waals surface area contributed by atoms with Crippen molar-refractivity contribution >= 4 is 10.0 Å². The topological polar surface area (TPSA) is 59.1 Å². The van der Waals surface area contributed by atoms with Gasteiger partial charge in [-0.25, -0.2) is 17.5 Å². The maximum atomic E-state index is 13.4. The number of hydrogen-bond acceptors (Lipinski definition) is 3. The standard InChI is InChI=1S/C20H19FN2O2S/c1-14-5-7-16(8-6-14)20-17(4-3-11-22-20)13-23-26(24,25)18-9-10-19(21)15(2)12-18/h3-12,23H,13H2,1-2H3. The lowest BCUT2D eigenvalue weighted by Crippen LogP contribution is -2.23. The monoisotopic (exact) mass is 370 g/mol. The van der Waals surface area contributed by atoms with Gasteiger partial charge in [-0.05, 0) is 49.2 Å². The molecule has 2 aromatic carbocycles. The molecule has 3 rings (SSSR count). The van der Waals surface area contributed by atoms with Crippen LogP contribution in [0.4, 0.5) is 4.39 Å². The predicted octanol–water partition coefficient (Wildman–Crippen LogP) is 3.98. The normalized spacial score (nSPS) is 11.5. The Morgan fingerprint density at radius 3 is 2.46 bits per heavy atom. The minimum atomic E-state index is -3.75. The van der Waals surface area contributed by atoms with Gasteiger partial charge in [0.05, 0.1) is 10.6 Å². The molecule has 0 aliphatic heterocycles. The van der Waals surface area contributed by atoms with Crippen LogP contribution in [0.1, 0.15) is 16.7 Å². The van der Waals surface area contributed by atoms with E-state index >= 15 is 0 Å². The van der Waals surface area contributed by atoms with Gasteiger partial charge in [0.1, 0.15) is 5.82 Å². The van der Waals surface area contributed by atoms with Crippen LogP contribution in [0.15, 0.2) is 65.7 Å². The molecule has 3 aromatic rings. The van der Waals surface area contributed by atoms with Gasteiger partial charge >= 0.3 is 0 Å². The Morgan fingerprint density at radius 2 is 1.77 bits per heavy atom. The summed E-state index contributed by atoms with van der Waals surface area (Å²) in [4.78, 5) is 4.43. The van der Waals surface area contributed by atoms with Crippen LogP contribution in [0.5, 0.6) is 0 Å². The van der Waals surface area contributed by atoms with E-state index in [0.29, 0.717) is 0 Å². The largest absolute Gasteiger partial charge is 0.256 e. The highest BCUT2D eigenvalue weighted by atomic mass is 32.2. The van der Waals surface area contributed by atoms with Crippen LogP contribution in [-0.2, 0) is 16.6 Å². The number of benzene rings is 2. The second kappa shape index (κ2) is 7.35. The van der Waals surface area contributed by atoms with Crippen molar-refractivity contribution in [3.63, 3.8) is 0 Å². The first kappa shape index (κ1) is 18.2. The highest BCUT2D eigenvalue weighted by molar-refractivity contribution is 7.89. The molecule has 1 heterocycles. The zero-order valence-electron chi connectivity index (χ0n) is 14.5. The molecule has 0 aliphatic rings. The molecule has 0 fully saturated rings. The quantitative estimate of drug-likeness (QED) is 0.739. The Morgan fingerprint density at radius 1 is 1.04 bits per heavy atom. The van der Waals surface area contributed by atoms with Gasteiger partial charge < -0.3 is 0 Å². The summed E-state index contributed by atoms with van der Waals surface area (Å²) < 4.78 is 41.0. The SMILES string of the molecule is Cc1ccc(-c2ncccc2CNS(=O)(=O)c2ccc(F)c(C)c2)cc1. The van der Waals surface area contributed by atoms with Crippen LogP contribution in [0, 0.1) is 19.7 Å². The summed E-state index contributed by atoms with van der Waals surface area (Å²) in [5, 5.41) is 0. The lowest BCUT2D eigenvalue weighted by Gasteiger charge is -2.11. The van der Waals surface area contributed by atoms with E-state index in [4.69, 9.17) is 0 Å². The number of aromatic nitrogens is 1. The van der Waals surface area contributed by atoms with E-state index in [1.165, 1.54) is 19.1 Å². The number of aryl methyl sites for hydroxylation is 2. The lowest BCUT2D eigenvalue weighted by molar-refractivity contribution is 0.579. The van der Waals surface area contributed by atoms with Gasteiger partial charge in [-0.3, -0.25) is 4.98 Å². The number of pyridine rings is 1. The van der Waals surface area contributed by atoms with Crippen LogP contribution in [0.25, 0.3) is 11.3 Å². The molecule has 0 saturated carbocycles. The van der Waals surface area contributed by atoms with E-state index in [9.17, 15) is 12.8 Å². The third kappa shape index (κ3) is 3.98. The number of nitrogens with zero attached hydrogens (tertiary/aromatic N) is 1. The minimum Gasteiger partial charge on any atom is -0.256 e. The molecule has 0 spiro atoms. The van der Waals surface area contributed by atoms with E-state index in [0.717, 1.165) is 28.5 Å². The molecule has 1 aromatic heterocycles. The van der Waals surface area contributed by atoms with Crippen LogP contribution in [-0.4, -0.2) is 13.4 Å². The molecule has 0 saturated heterocycles. The Labute approximate surface area is 152 Å². The van der Waals surface area contributed by atoms with Gasteiger partial charge in [0.15, 0.2) is 0 Å². The van der Waals surface area contributed by atoms with Crippen LogP contribution < -0.4 is 4.72 Å². The van der Waals surface area contributed by atoms with E-state index in [1.807, 2.05) is 37.3 Å². The fourth-order valence-electron chi connectivity index (χ4n) is 2.59. The molecule has 0 aliphatic carbocycles. The summed E-state index contributed by atoms with van der Waals surface area (Å²) in [5.74, 6) is -0.433. The van der Waals surface area contributed by atoms with Gasteiger partial charge in [0.2, 0.25) is 10.0 Å². The van der Waals surface area contributed by atoms with E-state index in [1.54, 1.807) is 12.3 Å². The smallest absolute Gasteiger partial charge is 0.240 e. The summed E-state index contributed by atoms with van der Waals surface area (Å²) in [5.41, 5.74) is 3.83. The average Bonchev–Trinajstić information content (AvgIpc) is 2.63. The Balaban J connectivity index is 1.86. The summed E-state index contributed by atoms with van der Waals surface area (Å²) in [6.45, 7) is 3.63. The summed E-state index contributed by atoms with van der Waals surface area (Å²) in [7, 11) is -3.75. The molecule has 26 heavy (non-hydrogen) atoms. The van der Waals surface area contributed by atoms with Crippen LogP contribution in [0.2, 0.25) is 0 Å². The van der Waals surface area contributed by atoms with Gasteiger partial charge in [0.25, 0.3) is 0 Å². The maximum absolute atomic E-state index is 13.4. The second-order valence-electron chi connectivity index (χ2n) is 6.11. The van der Waals surface area contributed by atoms with E-state index < -0.39 is 15.8 Å². The molecule has 6 heteroatoms. The first-order valence-corrected chi connectivity index (χ1v) is 9.62. The van der Waals surface area contributed by atoms with Crippen molar-refractivity contribution in [1.82, 2.24) is 9.71 Å². The molecule has 4 nitrogen and oxygen atoms in total. The minimum absolute atomic E-state index is 0.0391. The van der Waals surface area contributed by atoms with Gasteiger partial charge in [-0.15, -0.1) is 0 Å². The Bertz CT molecular complexity index is 1030. The molecule has 0 bridgehead atoms. The number of halogens is 1. The van der Waals surface area contributed by atoms with Crippen molar-refractivity contribution in [2.75, 3.05) is 0 Å². The zero-order chi connectivity index (χ0) is 18.7. The second-order valence-corrected chi connectivity index (χ2v) is 7.88. The zero-order valence-corrected chi connectivity index (χ0v) is 15.3. The first-order chi connectivity index (χ1) is 12.4. The molecule has 0 unspecified atom stereocenters. The molecular weight excluding hydrogens is 351 g/mol. The van der Waals surface area contributed by atoms with E-state index in [2.05, 4.69) is 9.71 Å². The number of nitrogens with one attached hydrogen (secondary N) is 1. The third-order valence-electron chi connectivity index (χ3n) is 4.11. The Kier molecular flexibility index (Phi) is 5.15. The van der Waals surface area contributed by atoms with Gasteiger partial charge in [-0.1, -0.05) is 35.9 Å². The maximum Gasteiger partial charge on any atom is 0.240 e. The van der Waals surface area contributed by atoms with Gasteiger partial charge in [-0.2, -0.15) is 0 Å². The fourth-order valence-corrected chi connectivity index (χ4v) is 3.68. The van der Waals surface area contributed by atoms with Gasteiger partial charge in [0, 0.05) is 18.3 Å². The lowest BCUT2D eigenvalue weighted by atomic mass is 10.0. The van der Waals surface area contributed by atoms with Crippen molar-refractivity contribution < 1.29 is 12.8 Å². The van der Waals surface area contributed by atoms with Crippen molar-refractivity contribution in [3.8, 4) is 11.3 Å². The van der Waals surface area contributed by atoms with Crippen LogP contribution in [0.3, 0.4) is 0 Å². The fraction of sp³-hybridized carbons (Fsp3) is 0.150.